The fraction of sp³-hybridized carbons (Fsp3) is 0.192. The van der Waals surface area contributed by atoms with Gasteiger partial charge in [0.2, 0.25) is 5.89 Å². The molecule has 34 heavy (non-hydrogen) atoms. The molecule has 8 nitrogen and oxygen atoms in total. The van der Waals surface area contributed by atoms with Gasteiger partial charge in [0.1, 0.15) is 17.0 Å². The van der Waals surface area contributed by atoms with Crippen molar-refractivity contribution in [3.05, 3.63) is 72.3 Å². The van der Waals surface area contributed by atoms with Gasteiger partial charge in [-0.2, -0.15) is 0 Å². The van der Waals surface area contributed by atoms with Crippen molar-refractivity contribution < 1.29 is 28.2 Å². The molecule has 1 N–H and O–H groups in total. The smallest absolute Gasteiger partial charge is 0.339 e. The Morgan fingerprint density at radius 2 is 1.65 bits per heavy atom. The molecule has 0 bridgehead atoms. The van der Waals surface area contributed by atoms with E-state index in [0.717, 1.165) is 0 Å². The monoisotopic (exact) mass is 460 g/mol. The minimum absolute atomic E-state index is 0.253. The number of benzene rings is 3. The zero-order valence-electron chi connectivity index (χ0n) is 19.0. The molecular weight excluding hydrogens is 436 g/mol. The summed E-state index contributed by atoms with van der Waals surface area (Å²) in [7, 11) is 3.04. The lowest BCUT2D eigenvalue weighted by atomic mass is 10.1. The fourth-order valence-corrected chi connectivity index (χ4v) is 3.45. The number of methoxy groups -OCH3 is 2. The van der Waals surface area contributed by atoms with E-state index in [-0.39, 0.29) is 12.0 Å². The van der Waals surface area contributed by atoms with Gasteiger partial charge in [-0.05, 0) is 30.7 Å². The van der Waals surface area contributed by atoms with E-state index < -0.39 is 18.0 Å². The van der Waals surface area contributed by atoms with Gasteiger partial charge in [-0.3, -0.25) is 4.79 Å². The Morgan fingerprint density at radius 3 is 2.32 bits per heavy atom. The van der Waals surface area contributed by atoms with Crippen molar-refractivity contribution in [2.75, 3.05) is 19.5 Å². The minimum atomic E-state index is -1.01. The van der Waals surface area contributed by atoms with Crippen molar-refractivity contribution in [3.63, 3.8) is 0 Å². The number of esters is 1. The van der Waals surface area contributed by atoms with Crippen LogP contribution in [0.2, 0.25) is 0 Å². The van der Waals surface area contributed by atoms with E-state index in [4.69, 9.17) is 18.6 Å². The quantitative estimate of drug-likeness (QED) is 0.366. The van der Waals surface area contributed by atoms with Crippen LogP contribution in [-0.4, -0.2) is 37.2 Å². The molecule has 1 amide bonds. The third-order valence-electron chi connectivity index (χ3n) is 5.20. The number of rotatable bonds is 8. The molecule has 0 aliphatic carbocycles. The van der Waals surface area contributed by atoms with Crippen LogP contribution >= 0.6 is 0 Å². The van der Waals surface area contributed by atoms with Crippen LogP contribution in [0.25, 0.3) is 22.6 Å². The first-order valence-corrected chi connectivity index (χ1v) is 10.7. The van der Waals surface area contributed by atoms with Crippen molar-refractivity contribution >= 4 is 28.7 Å². The summed E-state index contributed by atoms with van der Waals surface area (Å²) in [5, 5.41) is 2.76. The van der Waals surface area contributed by atoms with Gasteiger partial charge in [-0.25, -0.2) is 9.78 Å². The maximum atomic E-state index is 13.1. The van der Waals surface area contributed by atoms with E-state index in [9.17, 15) is 9.59 Å². The predicted octanol–water partition coefficient (Wildman–Crippen LogP) is 5.09. The van der Waals surface area contributed by atoms with Crippen molar-refractivity contribution in [1.82, 2.24) is 4.98 Å². The van der Waals surface area contributed by atoms with E-state index >= 15 is 0 Å². The van der Waals surface area contributed by atoms with Gasteiger partial charge in [-0.15, -0.1) is 0 Å². The molecule has 0 aliphatic rings. The Balaban J connectivity index is 1.54. The summed E-state index contributed by atoms with van der Waals surface area (Å²) in [6.07, 6.45) is -0.731. The number of para-hydroxylation sites is 2. The van der Waals surface area contributed by atoms with Crippen LogP contribution in [0.5, 0.6) is 11.5 Å². The van der Waals surface area contributed by atoms with E-state index in [0.29, 0.717) is 39.7 Å². The first kappa shape index (κ1) is 22.8. The second kappa shape index (κ2) is 10.1. The minimum Gasteiger partial charge on any atom is -0.497 e. The maximum absolute atomic E-state index is 13.1. The summed E-state index contributed by atoms with van der Waals surface area (Å²) in [5.41, 5.74) is 2.49. The molecule has 0 saturated heterocycles. The van der Waals surface area contributed by atoms with Gasteiger partial charge in [0.25, 0.3) is 5.91 Å². The van der Waals surface area contributed by atoms with Crippen molar-refractivity contribution in [2.45, 2.75) is 19.4 Å². The van der Waals surface area contributed by atoms with Crippen LogP contribution in [-0.2, 0) is 9.53 Å². The highest BCUT2D eigenvalue weighted by Crippen LogP contribution is 2.29. The molecule has 4 aromatic rings. The molecule has 1 unspecified atom stereocenters. The van der Waals surface area contributed by atoms with Gasteiger partial charge in [0, 0.05) is 23.9 Å². The number of anilines is 1. The Bertz CT molecular complexity index is 1270. The molecule has 0 aliphatic heterocycles. The molecule has 1 heterocycles. The topological polar surface area (TPSA) is 99.9 Å². The van der Waals surface area contributed by atoms with Crippen molar-refractivity contribution in [3.8, 4) is 23.0 Å². The summed E-state index contributed by atoms with van der Waals surface area (Å²) >= 11 is 0. The number of hydrogen-bond donors (Lipinski definition) is 1. The summed E-state index contributed by atoms with van der Waals surface area (Å²) in [5.74, 6) is 0.224. The largest absolute Gasteiger partial charge is 0.497 e. The van der Waals surface area contributed by atoms with Crippen LogP contribution in [0.3, 0.4) is 0 Å². The van der Waals surface area contributed by atoms with Crippen LogP contribution in [0.4, 0.5) is 5.69 Å². The van der Waals surface area contributed by atoms with Gasteiger partial charge in [0.05, 0.1) is 25.3 Å². The SMILES string of the molecule is CCC(OC(=O)c1ccccc1-c1nc2ccccc2o1)C(=O)Nc1cc(OC)cc(OC)c1. The van der Waals surface area contributed by atoms with Crippen LogP contribution in [0, 0.1) is 0 Å². The lowest BCUT2D eigenvalue weighted by molar-refractivity contribution is -0.124. The molecular formula is C26H24N2O6. The molecule has 174 valence electrons. The van der Waals surface area contributed by atoms with Crippen LogP contribution in [0.1, 0.15) is 23.7 Å². The number of carbonyl (C=O) groups excluding carboxylic acids is 2. The van der Waals surface area contributed by atoms with Gasteiger partial charge < -0.3 is 23.9 Å². The second-order valence-electron chi connectivity index (χ2n) is 7.43. The number of oxazole rings is 1. The first-order valence-electron chi connectivity index (χ1n) is 10.7. The van der Waals surface area contributed by atoms with E-state index in [2.05, 4.69) is 10.3 Å². The highest BCUT2D eigenvalue weighted by Gasteiger charge is 2.25. The number of fused-ring (bicyclic) bond motifs is 1. The van der Waals surface area contributed by atoms with Crippen LogP contribution in [0.15, 0.2) is 71.1 Å². The molecule has 4 rings (SSSR count). The second-order valence-corrected chi connectivity index (χ2v) is 7.43. The molecule has 1 aromatic heterocycles. The fourth-order valence-electron chi connectivity index (χ4n) is 3.45. The average molecular weight is 460 g/mol. The first-order chi connectivity index (χ1) is 16.5. The number of nitrogens with zero attached hydrogens (tertiary/aromatic N) is 1. The third kappa shape index (κ3) is 4.85. The third-order valence-corrected chi connectivity index (χ3v) is 5.20. The summed E-state index contributed by atoms with van der Waals surface area (Å²) in [4.78, 5) is 30.4. The van der Waals surface area contributed by atoms with Crippen molar-refractivity contribution in [1.29, 1.82) is 0 Å². The molecule has 0 radical (unpaired) electrons. The number of hydrogen-bond acceptors (Lipinski definition) is 7. The standard InChI is InChI=1S/C26H24N2O6/c1-4-22(24(29)27-16-13-17(31-2)15-18(14-16)32-3)34-26(30)20-10-6-5-9-19(20)25-28-21-11-7-8-12-23(21)33-25/h5-15,22H,4H2,1-3H3,(H,27,29). The molecule has 1 atom stereocenters. The molecule has 0 spiro atoms. The average Bonchev–Trinajstić information content (AvgIpc) is 3.31. The molecule has 0 saturated carbocycles. The highest BCUT2D eigenvalue weighted by molar-refractivity contribution is 6.00. The van der Waals surface area contributed by atoms with Gasteiger partial charge in [0.15, 0.2) is 11.7 Å². The van der Waals surface area contributed by atoms with Crippen LogP contribution < -0.4 is 14.8 Å². The lowest BCUT2D eigenvalue weighted by Crippen LogP contribution is -2.32. The Hall–Kier alpha value is -4.33. The van der Waals surface area contributed by atoms with Crippen molar-refractivity contribution in [2.24, 2.45) is 0 Å². The maximum Gasteiger partial charge on any atom is 0.339 e. The number of amides is 1. The lowest BCUT2D eigenvalue weighted by Gasteiger charge is -2.17. The molecule has 3 aromatic carbocycles. The summed E-state index contributed by atoms with van der Waals surface area (Å²) < 4.78 is 21.9. The number of nitrogens with one attached hydrogen (secondary N) is 1. The predicted molar refractivity (Wildman–Crippen MR) is 127 cm³/mol. The number of ether oxygens (including phenoxy) is 3. The number of carbonyl (C=O) groups is 2. The Kier molecular flexibility index (Phi) is 6.77. The zero-order chi connectivity index (χ0) is 24.1. The van der Waals surface area contributed by atoms with E-state index in [1.54, 1.807) is 55.5 Å². The summed E-state index contributed by atoms with van der Waals surface area (Å²) in [6.45, 7) is 1.76. The van der Waals surface area contributed by atoms with E-state index in [1.807, 2.05) is 18.2 Å². The number of aromatic nitrogens is 1. The molecule has 0 fully saturated rings. The summed E-state index contributed by atoms with van der Waals surface area (Å²) in [6, 6.07) is 19.2. The zero-order valence-corrected chi connectivity index (χ0v) is 19.0. The normalized spacial score (nSPS) is 11.6. The van der Waals surface area contributed by atoms with E-state index in [1.165, 1.54) is 14.2 Å². The molecule has 8 heteroatoms. The van der Waals surface area contributed by atoms with Gasteiger partial charge >= 0.3 is 5.97 Å². The highest BCUT2D eigenvalue weighted by atomic mass is 16.5. The van der Waals surface area contributed by atoms with Gasteiger partial charge in [-0.1, -0.05) is 31.2 Å². The Labute approximate surface area is 196 Å². The Morgan fingerprint density at radius 1 is 0.971 bits per heavy atom.